The van der Waals surface area contributed by atoms with Crippen molar-refractivity contribution in [3.05, 3.63) is 26.7 Å². The van der Waals surface area contributed by atoms with Gasteiger partial charge in [0.25, 0.3) is 0 Å². The smallest absolute Gasteiger partial charge is 0.321 e. The summed E-state index contributed by atoms with van der Waals surface area (Å²) >= 11 is 18.5. The lowest BCUT2D eigenvalue weighted by molar-refractivity contribution is -0.139. The van der Waals surface area contributed by atoms with Crippen LogP contribution in [0.25, 0.3) is 0 Å². The molecule has 0 aliphatic rings. The molecule has 0 aliphatic carbocycles. The molecule has 1 aromatic rings. The van der Waals surface area contributed by atoms with Crippen LogP contribution in [0.2, 0.25) is 10.0 Å². The standard InChI is InChI=1S/C10H9Br2Cl2NO2/c1-17-10(16)6(12)4-15-7-3-2-5(11)8(13)9(7)14/h2-3,6,15H,4H2,1H3. The van der Waals surface area contributed by atoms with Gasteiger partial charge in [-0.25, -0.2) is 0 Å². The molecular weight excluding hydrogens is 397 g/mol. The molecule has 0 saturated carbocycles. The number of esters is 1. The average molecular weight is 406 g/mol. The maximum absolute atomic E-state index is 11.2. The second-order valence-corrected chi connectivity index (χ2v) is 5.81. The SMILES string of the molecule is COC(=O)C(Br)CNc1ccc(Br)c(Cl)c1Cl. The van der Waals surface area contributed by atoms with E-state index in [2.05, 4.69) is 41.9 Å². The highest BCUT2D eigenvalue weighted by Gasteiger charge is 2.16. The number of methoxy groups -OCH3 is 1. The van der Waals surface area contributed by atoms with Crippen LogP contribution in [0.3, 0.4) is 0 Å². The monoisotopic (exact) mass is 403 g/mol. The molecule has 3 nitrogen and oxygen atoms in total. The number of rotatable bonds is 4. The summed E-state index contributed by atoms with van der Waals surface area (Å²) in [6.07, 6.45) is 0. The first-order chi connectivity index (χ1) is 7.97. The molecule has 1 atom stereocenters. The van der Waals surface area contributed by atoms with Crippen LogP contribution in [0, 0.1) is 0 Å². The zero-order chi connectivity index (χ0) is 13.0. The summed E-state index contributed by atoms with van der Waals surface area (Å²) in [7, 11) is 1.33. The van der Waals surface area contributed by atoms with E-state index in [1.54, 1.807) is 12.1 Å². The molecule has 0 heterocycles. The Labute approximate surface area is 126 Å². The Kier molecular flexibility index (Phi) is 6.06. The lowest BCUT2D eigenvalue weighted by Crippen LogP contribution is -2.24. The Hall–Kier alpha value is 0.0300. The fourth-order valence-electron chi connectivity index (χ4n) is 1.07. The Balaban J connectivity index is 2.70. The summed E-state index contributed by atoms with van der Waals surface area (Å²) in [5.41, 5.74) is 0.660. The highest BCUT2D eigenvalue weighted by atomic mass is 79.9. The molecule has 1 N–H and O–H groups in total. The third kappa shape index (κ3) is 4.02. The fraction of sp³-hybridized carbons (Fsp3) is 0.300. The number of alkyl halides is 1. The maximum Gasteiger partial charge on any atom is 0.321 e. The lowest BCUT2D eigenvalue weighted by Gasteiger charge is -2.12. The molecule has 0 radical (unpaired) electrons. The molecule has 0 bridgehead atoms. The van der Waals surface area contributed by atoms with Gasteiger partial charge in [-0.1, -0.05) is 39.1 Å². The number of anilines is 1. The Morgan fingerprint density at radius 3 is 2.71 bits per heavy atom. The second kappa shape index (κ2) is 6.83. The van der Waals surface area contributed by atoms with Gasteiger partial charge >= 0.3 is 5.97 Å². The van der Waals surface area contributed by atoms with E-state index in [0.717, 1.165) is 4.47 Å². The molecule has 0 amide bonds. The zero-order valence-electron chi connectivity index (χ0n) is 8.77. The number of benzene rings is 1. The summed E-state index contributed by atoms with van der Waals surface area (Å²) in [6, 6.07) is 3.55. The molecule has 0 spiro atoms. The molecule has 17 heavy (non-hydrogen) atoms. The number of hydrogen-bond acceptors (Lipinski definition) is 3. The van der Waals surface area contributed by atoms with Gasteiger partial charge in [0.2, 0.25) is 0 Å². The highest BCUT2D eigenvalue weighted by molar-refractivity contribution is 9.10. The van der Waals surface area contributed by atoms with E-state index in [4.69, 9.17) is 23.2 Å². The minimum Gasteiger partial charge on any atom is -0.468 e. The summed E-state index contributed by atoms with van der Waals surface area (Å²) in [6.45, 7) is 0.352. The molecule has 94 valence electrons. The number of hydrogen-bond donors (Lipinski definition) is 1. The molecular formula is C10H9Br2Cl2NO2. The van der Waals surface area contributed by atoms with Crippen molar-refractivity contribution in [2.45, 2.75) is 4.83 Å². The van der Waals surface area contributed by atoms with Crippen molar-refractivity contribution in [1.82, 2.24) is 0 Å². The van der Waals surface area contributed by atoms with Gasteiger partial charge in [0.1, 0.15) is 4.83 Å². The molecule has 0 fully saturated rings. The lowest BCUT2D eigenvalue weighted by atomic mass is 10.3. The van der Waals surface area contributed by atoms with Crippen molar-refractivity contribution in [3.8, 4) is 0 Å². The first kappa shape index (κ1) is 15.1. The number of carbonyl (C=O) groups excluding carboxylic acids is 1. The van der Waals surface area contributed by atoms with Gasteiger partial charge < -0.3 is 10.1 Å². The normalized spacial score (nSPS) is 12.1. The van der Waals surface area contributed by atoms with Crippen molar-refractivity contribution < 1.29 is 9.53 Å². The van der Waals surface area contributed by atoms with Crippen LogP contribution < -0.4 is 5.32 Å². The van der Waals surface area contributed by atoms with Crippen molar-refractivity contribution in [1.29, 1.82) is 0 Å². The van der Waals surface area contributed by atoms with E-state index < -0.39 is 4.83 Å². The molecule has 0 saturated heterocycles. The molecule has 7 heteroatoms. The van der Waals surface area contributed by atoms with Gasteiger partial charge in [0.15, 0.2) is 0 Å². The van der Waals surface area contributed by atoms with Crippen LogP contribution in [-0.4, -0.2) is 24.5 Å². The molecule has 0 aromatic heterocycles. The molecule has 1 unspecified atom stereocenters. The number of ether oxygens (including phenoxy) is 1. The van der Waals surface area contributed by atoms with Crippen molar-refractivity contribution in [2.24, 2.45) is 0 Å². The van der Waals surface area contributed by atoms with Gasteiger partial charge in [-0.05, 0) is 28.1 Å². The Morgan fingerprint density at radius 2 is 2.12 bits per heavy atom. The summed E-state index contributed by atoms with van der Waals surface area (Å²) < 4.78 is 5.30. The quantitative estimate of drug-likeness (QED) is 0.465. The van der Waals surface area contributed by atoms with E-state index in [1.165, 1.54) is 7.11 Å². The summed E-state index contributed by atoms with van der Waals surface area (Å²) in [5, 5.41) is 3.85. The zero-order valence-corrected chi connectivity index (χ0v) is 13.5. The van der Waals surface area contributed by atoms with E-state index in [9.17, 15) is 4.79 Å². The predicted octanol–water partition coefficient (Wildman–Crippen LogP) is 4.10. The van der Waals surface area contributed by atoms with Crippen LogP contribution >= 0.6 is 55.1 Å². The first-order valence-electron chi connectivity index (χ1n) is 4.56. The molecule has 1 rings (SSSR count). The fourth-order valence-corrected chi connectivity index (χ4v) is 2.26. The van der Waals surface area contributed by atoms with Gasteiger partial charge in [-0.2, -0.15) is 0 Å². The Morgan fingerprint density at radius 1 is 1.47 bits per heavy atom. The number of carbonyl (C=O) groups is 1. The van der Waals surface area contributed by atoms with Crippen molar-refractivity contribution in [3.63, 3.8) is 0 Å². The Bertz CT molecular complexity index is 429. The molecule has 1 aromatic carbocycles. The van der Waals surface area contributed by atoms with E-state index in [0.29, 0.717) is 22.3 Å². The van der Waals surface area contributed by atoms with Crippen LogP contribution in [0.15, 0.2) is 16.6 Å². The summed E-state index contributed by atoms with van der Waals surface area (Å²) in [5.74, 6) is -0.350. The highest BCUT2D eigenvalue weighted by Crippen LogP contribution is 2.35. The maximum atomic E-state index is 11.2. The van der Waals surface area contributed by atoms with Gasteiger partial charge in [-0.3, -0.25) is 4.79 Å². The average Bonchev–Trinajstić information content (AvgIpc) is 2.33. The van der Waals surface area contributed by atoms with E-state index in [-0.39, 0.29) is 5.97 Å². The number of halogens is 4. The largest absolute Gasteiger partial charge is 0.468 e. The van der Waals surface area contributed by atoms with Crippen LogP contribution in [0.4, 0.5) is 5.69 Å². The third-order valence-electron chi connectivity index (χ3n) is 1.96. The summed E-state index contributed by atoms with van der Waals surface area (Å²) in [4.78, 5) is 10.7. The van der Waals surface area contributed by atoms with Gasteiger partial charge in [0, 0.05) is 11.0 Å². The van der Waals surface area contributed by atoms with Crippen molar-refractivity contribution >= 4 is 66.7 Å². The topological polar surface area (TPSA) is 38.3 Å². The van der Waals surface area contributed by atoms with Crippen LogP contribution in [-0.2, 0) is 9.53 Å². The molecule has 0 aliphatic heterocycles. The third-order valence-corrected chi connectivity index (χ3v) is 4.43. The first-order valence-corrected chi connectivity index (χ1v) is 7.03. The predicted molar refractivity (Wildman–Crippen MR) is 77.4 cm³/mol. The van der Waals surface area contributed by atoms with Gasteiger partial charge in [-0.15, -0.1) is 0 Å². The minimum absolute atomic E-state index is 0.350. The van der Waals surface area contributed by atoms with E-state index in [1.807, 2.05) is 0 Å². The minimum atomic E-state index is -0.439. The van der Waals surface area contributed by atoms with Gasteiger partial charge in [0.05, 0.1) is 22.8 Å². The number of nitrogens with one attached hydrogen (secondary N) is 1. The van der Waals surface area contributed by atoms with E-state index >= 15 is 0 Å². The van der Waals surface area contributed by atoms with Crippen LogP contribution in [0.1, 0.15) is 0 Å². The second-order valence-electron chi connectivity index (χ2n) is 3.09. The van der Waals surface area contributed by atoms with Crippen LogP contribution in [0.5, 0.6) is 0 Å². The van der Waals surface area contributed by atoms with Crippen molar-refractivity contribution in [2.75, 3.05) is 19.0 Å².